The molecule has 0 heterocycles. The van der Waals surface area contributed by atoms with Crippen LogP contribution in [0.15, 0.2) is 18.2 Å². The largest absolute Gasteiger partial charge is 0.317 e. The van der Waals surface area contributed by atoms with Crippen LogP contribution in [0.4, 0.5) is 0 Å². The molecule has 2 unspecified atom stereocenters. The number of hydrogen-bond donors (Lipinski definition) is 1. The van der Waals surface area contributed by atoms with E-state index in [0.717, 1.165) is 0 Å². The minimum absolute atomic E-state index is 0.642. The van der Waals surface area contributed by atoms with Crippen LogP contribution in [0.1, 0.15) is 43.4 Å². The van der Waals surface area contributed by atoms with E-state index in [1.807, 2.05) is 0 Å². The number of benzene rings is 1. The van der Waals surface area contributed by atoms with Crippen molar-refractivity contribution in [1.29, 1.82) is 0 Å². The molecule has 0 amide bonds. The standard InChI is InChI=1S/C16H25N/c1-4-16(17-3)12(2)10-13-8-9-14-6-5-7-15(14)11-13/h8-9,11-12,16-17H,4-7,10H2,1-3H3. The molecule has 0 aliphatic heterocycles. The Morgan fingerprint density at radius 1 is 1.24 bits per heavy atom. The summed E-state index contributed by atoms with van der Waals surface area (Å²) in [7, 11) is 2.08. The fourth-order valence-corrected chi connectivity index (χ4v) is 3.16. The Hall–Kier alpha value is -0.820. The summed E-state index contributed by atoms with van der Waals surface area (Å²) in [4.78, 5) is 0. The molecule has 0 fully saturated rings. The summed E-state index contributed by atoms with van der Waals surface area (Å²) < 4.78 is 0. The van der Waals surface area contributed by atoms with E-state index in [4.69, 9.17) is 0 Å². The molecule has 1 heteroatoms. The maximum absolute atomic E-state index is 3.42. The van der Waals surface area contributed by atoms with E-state index < -0.39 is 0 Å². The van der Waals surface area contributed by atoms with Gasteiger partial charge < -0.3 is 5.32 Å². The lowest BCUT2D eigenvalue weighted by molar-refractivity contribution is 0.386. The molecule has 0 radical (unpaired) electrons. The summed E-state index contributed by atoms with van der Waals surface area (Å²) in [5.74, 6) is 0.712. The number of fused-ring (bicyclic) bond motifs is 1. The van der Waals surface area contributed by atoms with Crippen LogP contribution >= 0.6 is 0 Å². The van der Waals surface area contributed by atoms with Crippen LogP contribution in [0.25, 0.3) is 0 Å². The molecule has 2 rings (SSSR count). The zero-order valence-electron chi connectivity index (χ0n) is 11.4. The summed E-state index contributed by atoms with van der Waals surface area (Å²) in [5.41, 5.74) is 4.71. The van der Waals surface area contributed by atoms with Crippen molar-refractivity contribution in [3.63, 3.8) is 0 Å². The fraction of sp³-hybridized carbons (Fsp3) is 0.625. The molecular formula is C16H25N. The molecule has 0 saturated heterocycles. The van der Waals surface area contributed by atoms with E-state index in [9.17, 15) is 0 Å². The first-order valence-electron chi connectivity index (χ1n) is 7.02. The van der Waals surface area contributed by atoms with E-state index in [1.165, 1.54) is 37.7 Å². The van der Waals surface area contributed by atoms with Crippen molar-refractivity contribution in [2.45, 2.75) is 52.0 Å². The zero-order valence-corrected chi connectivity index (χ0v) is 11.4. The highest BCUT2D eigenvalue weighted by molar-refractivity contribution is 5.35. The molecule has 1 aromatic rings. The van der Waals surface area contributed by atoms with Gasteiger partial charge in [-0.3, -0.25) is 0 Å². The number of nitrogens with one attached hydrogen (secondary N) is 1. The molecule has 0 saturated carbocycles. The van der Waals surface area contributed by atoms with Crippen molar-refractivity contribution in [1.82, 2.24) is 5.32 Å². The van der Waals surface area contributed by atoms with E-state index in [-0.39, 0.29) is 0 Å². The smallest absolute Gasteiger partial charge is 0.00902 e. The highest BCUT2D eigenvalue weighted by atomic mass is 14.9. The molecule has 1 N–H and O–H groups in total. The topological polar surface area (TPSA) is 12.0 Å². The highest BCUT2D eigenvalue weighted by Gasteiger charge is 2.16. The van der Waals surface area contributed by atoms with Gasteiger partial charge >= 0.3 is 0 Å². The van der Waals surface area contributed by atoms with Gasteiger partial charge in [0, 0.05) is 6.04 Å². The molecule has 0 bridgehead atoms. The Morgan fingerprint density at radius 2 is 2.00 bits per heavy atom. The second-order valence-electron chi connectivity index (χ2n) is 5.44. The molecule has 0 spiro atoms. The van der Waals surface area contributed by atoms with Gasteiger partial charge in [-0.1, -0.05) is 32.0 Å². The first-order valence-corrected chi connectivity index (χ1v) is 7.02. The van der Waals surface area contributed by atoms with Gasteiger partial charge in [-0.05, 0) is 61.8 Å². The molecule has 0 aromatic heterocycles. The zero-order chi connectivity index (χ0) is 12.3. The van der Waals surface area contributed by atoms with Gasteiger partial charge in [0.15, 0.2) is 0 Å². The third-order valence-corrected chi connectivity index (χ3v) is 4.22. The molecule has 94 valence electrons. The van der Waals surface area contributed by atoms with Crippen molar-refractivity contribution in [2.75, 3.05) is 7.05 Å². The Morgan fingerprint density at radius 3 is 2.71 bits per heavy atom. The number of hydrogen-bond acceptors (Lipinski definition) is 1. The highest BCUT2D eigenvalue weighted by Crippen LogP contribution is 2.24. The lowest BCUT2D eigenvalue weighted by atomic mass is 9.91. The Balaban J connectivity index is 2.03. The van der Waals surface area contributed by atoms with Crippen LogP contribution in [-0.4, -0.2) is 13.1 Å². The minimum Gasteiger partial charge on any atom is -0.317 e. The first-order chi connectivity index (χ1) is 8.24. The molecule has 17 heavy (non-hydrogen) atoms. The van der Waals surface area contributed by atoms with Gasteiger partial charge in [-0.15, -0.1) is 0 Å². The molecule has 1 aliphatic carbocycles. The SMILES string of the molecule is CCC(NC)C(C)Cc1ccc2c(c1)CCC2. The van der Waals surface area contributed by atoms with Crippen molar-refractivity contribution in [3.05, 3.63) is 34.9 Å². The average molecular weight is 231 g/mol. The molecule has 1 aromatic carbocycles. The Labute approximate surface area is 106 Å². The lowest BCUT2D eigenvalue weighted by Gasteiger charge is -2.22. The number of aryl methyl sites for hydroxylation is 2. The van der Waals surface area contributed by atoms with Crippen molar-refractivity contribution in [3.8, 4) is 0 Å². The third-order valence-electron chi connectivity index (χ3n) is 4.22. The first kappa shape index (κ1) is 12.6. The second kappa shape index (κ2) is 5.68. The van der Waals surface area contributed by atoms with Gasteiger partial charge in [0.05, 0.1) is 0 Å². The maximum atomic E-state index is 3.42. The van der Waals surface area contributed by atoms with Crippen LogP contribution in [0.3, 0.4) is 0 Å². The predicted octanol–water partition coefficient (Wildman–Crippen LogP) is 3.35. The second-order valence-corrected chi connectivity index (χ2v) is 5.44. The normalized spacial score (nSPS) is 17.8. The van der Waals surface area contributed by atoms with Crippen molar-refractivity contribution >= 4 is 0 Å². The molecule has 2 atom stereocenters. The lowest BCUT2D eigenvalue weighted by Crippen LogP contribution is -2.32. The maximum Gasteiger partial charge on any atom is 0.00902 e. The van der Waals surface area contributed by atoms with E-state index >= 15 is 0 Å². The van der Waals surface area contributed by atoms with Gasteiger partial charge in [0.1, 0.15) is 0 Å². The van der Waals surface area contributed by atoms with Gasteiger partial charge in [0.2, 0.25) is 0 Å². The number of rotatable bonds is 5. The summed E-state index contributed by atoms with van der Waals surface area (Å²) in [5, 5.41) is 3.42. The van der Waals surface area contributed by atoms with Gasteiger partial charge in [0.25, 0.3) is 0 Å². The Kier molecular flexibility index (Phi) is 4.22. The molecule has 1 aliphatic rings. The van der Waals surface area contributed by atoms with Gasteiger partial charge in [-0.2, -0.15) is 0 Å². The summed E-state index contributed by atoms with van der Waals surface area (Å²) in [6.45, 7) is 4.62. The predicted molar refractivity (Wildman–Crippen MR) is 74.5 cm³/mol. The van der Waals surface area contributed by atoms with Crippen molar-refractivity contribution in [2.24, 2.45) is 5.92 Å². The van der Waals surface area contributed by atoms with Crippen LogP contribution in [0, 0.1) is 5.92 Å². The van der Waals surface area contributed by atoms with Crippen LogP contribution < -0.4 is 5.32 Å². The average Bonchev–Trinajstić information content (AvgIpc) is 2.77. The van der Waals surface area contributed by atoms with Crippen LogP contribution in [-0.2, 0) is 19.3 Å². The van der Waals surface area contributed by atoms with Crippen LogP contribution in [0.5, 0.6) is 0 Å². The van der Waals surface area contributed by atoms with E-state index in [0.29, 0.717) is 12.0 Å². The minimum atomic E-state index is 0.642. The monoisotopic (exact) mass is 231 g/mol. The fourth-order valence-electron chi connectivity index (χ4n) is 3.16. The van der Waals surface area contributed by atoms with Crippen molar-refractivity contribution < 1.29 is 0 Å². The summed E-state index contributed by atoms with van der Waals surface area (Å²) in [6, 6.07) is 7.78. The summed E-state index contributed by atoms with van der Waals surface area (Å²) in [6.07, 6.45) is 6.34. The van der Waals surface area contributed by atoms with Crippen LogP contribution in [0.2, 0.25) is 0 Å². The quantitative estimate of drug-likeness (QED) is 0.819. The third kappa shape index (κ3) is 2.90. The van der Waals surface area contributed by atoms with E-state index in [1.54, 1.807) is 11.1 Å². The van der Waals surface area contributed by atoms with E-state index in [2.05, 4.69) is 44.4 Å². The molecular weight excluding hydrogens is 206 g/mol. The van der Waals surface area contributed by atoms with Gasteiger partial charge in [-0.25, -0.2) is 0 Å². The molecule has 1 nitrogen and oxygen atoms in total. The summed E-state index contributed by atoms with van der Waals surface area (Å²) >= 11 is 0. The Bertz CT molecular complexity index is 366.